The zero-order chi connectivity index (χ0) is 29.2. The van der Waals surface area contributed by atoms with Crippen molar-refractivity contribution >= 4 is 17.7 Å². The number of nitrogens with one attached hydrogen (secondary N) is 1. The van der Waals surface area contributed by atoms with Crippen LogP contribution in [0.25, 0.3) is 28.3 Å². The summed E-state index contributed by atoms with van der Waals surface area (Å²) in [6.07, 6.45) is 7.57. The highest BCUT2D eigenvalue weighted by Crippen LogP contribution is 2.47. The number of anilines is 1. The van der Waals surface area contributed by atoms with E-state index in [0.717, 1.165) is 52.4 Å². The third kappa shape index (κ3) is 4.53. The minimum atomic E-state index is -0.572. The Morgan fingerprint density at radius 2 is 1.90 bits per heavy atom. The minimum absolute atomic E-state index is 0.0302. The SMILES string of the molecule is CC(C)(C)OC(=O)NC1(C2CC(=O)N(c3ccc4c(c3)Cn3cc(-c5ccc(C#N)cc5)cc3-c3nccn3-4)C2)CC1. The molecule has 42 heavy (non-hydrogen) atoms. The number of rotatable bonds is 4. The molecule has 3 aliphatic rings. The maximum atomic E-state index is 13.3. The number of carbonyl (C=O) groups excluding carboxylic acids is 2. The van der Waals surface area contributed by atoms with Gasteiger partial charge in [-0.15, -0.1) is 0 Å². The lowest BCUT2D eigenvalue weighted by molar-refractivity contribution is -0.117. The van der Waals surface area contributed by atoms with Crippen LogP contribution in [0.1, 0.15) is 51.2 Å². The number of benzene rings is 2. The molecule has 212 valence electrons. The standard InChI is InChI=1S/C33H32N6O3/c1-32(2,3)42-31(41)36-33(10-11-33)25-16-29(40)39(20-25)26-8-9-27-24(14-26)19-37-18-23(22-6-4-21(17-34)5-7-22)15-28(37)30-35-12-13-38(27)30/h4-9,12-15,18,25H,10-11,16,19-20H2,1-3H3,(H,36,41). The van der Waals surface area contributed by atoms with Crippen molar-refractivity contribution < 1.29 is 14.3 Å². The summed E-state index contributed by atoms with van der Waals surface area (Å²) in [4.78, 5) is 32.4. The lowest BCUT2D eigenvalue weighted by atomic mass is 9.96. The summed E-state index contributed by atoms with van der Waals surface area (Å²) in [6, 6.07) is 18.1. The van der Waals surface area contributed by atoms with Gasteiger partial charge >= 0.3 is 6.09 Å². The summed E-state index contributed by atoms with van der Waals surface area (Å²) in [5.41, 5.74) is 5.72. The predicted octanol–water partition coefficient (Wildman–Crippen LogP) is 5.65. The number of nitriles is 1. The van der Waals surface area contributed by atoms with Crippen molar-refractivity contribution in [1.82, 2.24) is 19.4 Å². The average Bonchev–Trinajstić information content (AvgIpc) is 3.26. The molecule has 2 aliphatic heterocycles. The normalized spacial score (nSPS) is 18.4. The summed E-state index contributed by atoms with van der Waals surface area (Å²) >= 11 is 0. The second-order valence-corrected chi connectivity index (χ2v) is 12.6. The molecule has 1 unspecified atom stereocenters. The molecule has 2 aromatic carbocycles. The third-order valence-electron chi connectivity index (χ3n) is 8.53. The Kier molecular flexibility index (Phi) is 5.80. The van der Waals surface area contributed by atoms with Gasteiger partial charge in [-0.1, -0.05) is 12.1 Å². The fraction of sp³-hybridized carbons (Fsp3) is 0.333. The number of amides is 2. The van der Waals surface area contributed by atoms with Crippen molar-refractivity contribution in [3.05, 3.63) is 78.2 Å². The van der Waals surface area contributed by atoms with E-state index < -0.39 is 11.7 Å². The third-order valence-corrected chi connectivity index (χ3v) is 8.53. The molecule has 2 fully saturated rings. The molecule has 7 rings (SSSR count). The Hall–Kier alpha value is -4.84. The van der Waals surface area contributed by atoms with Gasteiger partial charge in [0.25, 0.3) is 0 Å². The largest absolute Gasteiger partial charge is 0.444 e. The summed E-state index contributed by atoms with van der Waals surface area (Å²) < 4.78 is 9.80. The van der Waals surface area contributed by atoms with Crippen LogP contribution in [0.4, 0.5) is 10.5 Å². The Morgan fingerprint density at radius 1 is 1.12 bits per heavy atom. The number of hydrogen-bond donors (Lipinski definition) is 1. The lowest BCUT2D eigenvalue weighted by Gasteiger charge is -2.27. The van der Waals surface area contributed by atoms with Crippen molar-refractivity contribution in [3.63, 3.8) is 0 Å². The van der Waals surface area contributed by atoms with E-state index in [-0.39, 0.29) is 17.4 Å². The average molecular weight is 561 g/mol. The van der Waals surface area contributed by atoms with Crippen molar-refractivity contribution in [2.75, 3.05) is 11.4 Å². The van der Waals surface area contributed by atoms with E-state index in [1.807, 2.05) is 62.2 Å². The van der Waals surface area contributed by atoms with Crippen LogP contribution in [0.2, 0.25) is 0 Å². The number of fused-ring (bicyclic) bond motifs is 5. The number of nitrogens with zero attached hydrogens (tertiary/aromatic N) is 5. The molecule has 2 aromatic heterocycles. The molecule has 0 bridgehead atoms. The number of alkyl carbamates (subject to hydrolysis) is 1. The Morgan fingerprint density at radius 3 is 2.62 bits per heavy atom. The fourth-order valence-corrected chi connectivity index (χ4v) is 6.30. The van der Waals surface area contributed by atoms with Crippen molar-refractivity contribution in [1.29, 1.82) is 5.26 Å². The maximum absolute atomic E-state index is 13.3. The number of ether oxygens (including phenoxy) is 1. The molecule has 4 heterocycles. The van der Waals surface area contributed by atoms with E-state index in [4.69, 9.17) is 4.74 Å². The van der Waals surface area contributed by atoms with E-state index in [1.54, 1.807) is 6.20 Å². The van der Waals surface area contributed by atoms with Gasteiger partial charge in [0.2, 0.25) is 5.91 Å². The molecule has 9 nitrogen and oxygen atoms in total. The molecule has 1 saturated carbocycles. The molecule has 4 aromatic rings. The highest BCUT2D eigenvalue weighted by Gasteiger charge is 2.54. The van der Waals surface area contributed by atoms with E-state index >= 15 is 0 Å². The predicted molar refractivity (Wildman–Crippen MR) is 158 cm³/mol. The Bertz CT molecular complexity index is 1760. The van der Waals surface area contributed by atoms with E-state index in [2.05, 4.69) is 49.9 Å². The van der Waals surface area contributed by atoms with Gasteiger partial charge in [-0.25, -0.2) is 9.78 Å². The van der Waals surface area contributed by atoms with Crippen molar-refractivity contribution in [3.8, 4) is 34.4 Å². The first-order valence-corrected chi connectivity index (χ1v) is 14.3. The van der Waals surface area contributed by atoms with Crippen LogP contribution in [0.15, 0.2) is 67.1 Å². The van der Waals surface area contributed by atoms with Gasteiger partial charge in [-0.3, -0.25) is 9.36 Å². The Labute approximate surface area is 244 Å². The highest BCUT2D eigenvalue weighted by molar-refractivity contribution is 5.96. The number of aromatic nitrogens is 3. The molecule has 1 N–H and O–H groups in total. The summed E-state index contributed by atoms with van der Waals surface area (Å²) in [6.45, 7) is 6.73. The van der Waals surface area contributed by atoms with E-state index in [0.29, 0.717) is 25.1 Å². The molecule has 1 saturated heterocycles. The second kappa shape index (κ2) is 9.35. The lowest BCUT2D eigenvalue weighted by Crippen LogP contribution is -2.45. The molecule has 2 amide bonds. The van der Waals surface area contributed by atoms with Gasteiger partial charge in [-0.05, 0) is 81.1 Å². The molecular weight excluding hydrogens is 528 g/mol. The summed E-state index contributed by atoms with van der Waals surface area (Å²) in [5.74, 6) is 0.948. The first kappa shape index (κ1) is 26.1. The van der Waals surface area contributed by atoms with Crippen LogP contribution in [0.5, 0.6) is 0 Å². The van der Waals surface area contributed by atoms with Gasteiger partial charge in [0.05, 0.1) is 23.0 Å². The van der Waals surface area contributed by atoms with Crippen molar-refractivity contribution in [2.45, 2.75) is 57.7 Å². The molecular formula is C33H32N6O3. The Balaban J connectivity index is 1.17. The van der Waals surface area contributed by atoms with Gasteiger partial charge in [-0.2, -0.15) is 5.26 Å². The number of carbonyl (C=O) groups is 2. The van der Waals surface area contributed by atoms with Crippen LogP contribution < -0.4 is 10.2 Å². The number of hydrogen-bond acceptors (Lipinski definition) is 5. The van der Waals surface area contributed by atoms with Crippen LogP contribution in [-0.2, 0) is 16.1 Å². The van der Waals surface area contributed by atoms with Gasteiger partial charge in [0.15, 0.2) is 5.82 Å². The first-order chi connectivity index (χ1) is 20.1. The molecule has 0 spiro atoms. The fourth-order valence-electron chi connectivity index (χ4n) is 6.30. The van der Waals surface area contributed by atoms with Crippen LogP contribution in [-0.4, -0.2) is 43.8 Å². The zero-order valence-electron chi connectivity index (χ0n) is 23.9. The summed E-state index contributed by atoms with van der Waals surface area (Å²) in [5, 5.41) is 12.3. The van der Waals surface area contributed by atoms with Crippen molar-refractivity contribution in [2.24, 2.45) is 5.92 Å². The molecule has 0 radical (unpaired) electrons. The van der Waals surface area contributed by atoms with Gasteiger partial charge < -0.3 is 19.5 Å². The second-order valence-electron chi connectivity index (χ2n) is 12.6. The summed E-state index contributed by atoms with van der Waals surface area (Å²) in [7, 11) is 0. The molecule has 1 atom stereocenters. The zero-order valence-corrected chi connectivity index (χ0v) is 23.9. The first-order valence-electron chi connectivity index (χ1n) is 14.3. The maximum Gasteiger partial charge on any atom is 0.408 e. The van der Waals surface area contributed by atoms with E-state index in [9.17, 15) is 14.9 Å². The minimum Gasteiger partial charge on any atom is -0.444 e. The molecule has 1 aliphatic carbocycles. The quantitative estimate of drug-likeness (QED) is 0.306. The molecule has 9 heteroatoms. The van der Waals surface area contributed by atoms with Crippen LogP contribution in [0, 0.1) is 17.2 Å². The highest BCUT2D eigenvalue weighted by atomic mass is 16.6. The number of imidazole rings is 1. The van der Waals surface area contributed by atoms with Crippen LogP contribution >= 0.6 is 0 Å². The van der Waals surface area contributed by atoms with Gasteiger partial charge in [0.1, 0.15) is 5.60 Å². The van der Waals surface area contributed by atoms with E-state index in [1.165, 1.54) is 0 Å². The smallest absolute Gasteiger partial charge is 0.408 e. The monoisotopic (exact) mass is 560 g/mol. The topological polar surface area (TPSA) is 105 Å². The van der Waals surface area contributed by atoms with Gasteiger partial charge in [0, 0.05) is 60.8 Å². The van der Waals surface area contributed by atoms with Crippen LogP contribution in [0.3, 0.4) is 0 Å².